The van der Waals surface area contributed by atoms with Gasteiger partial charge in [0.05, 0.1) is 5.54 Å². The van der Waals surface area contributed by atoms with Crippen LogP contribution in [0.5, 0.6) is 0 Å². The lowest BCUT2D eigenvalue weighted by Crippen LogP contribution is -2.41. The van der Waals surface area contributed by atoms with Crippen molar-refractivity contribution in [3.05, 3.63) is 16.6 Å². The predicted molar refractivity (Wildman–Crippen MR) is 67.6 cm³/mol. The lowest BCUT2D eigenvalue weighted by molar-refractivity contribution is 0.320. The fourth-order valence-electron chi connectivity index (χ4n) is 2.96. The molecule has 1 heterocycles. The summed E-state index contributed by atoms with van der Waals surface area (Å²) < 4.78 is 0. The molecule has 0 amide bonds. The summed E-state index contributed by atoms with van der Waals surface area (Å²) in [6.45, 7) is 2.32. The van der Waals surface area contributed by atoms with Crippen LogP contribution in [0.25, 0.3) is 0 Å². The largest absolute Gasteiger partial charge is 0.303 e. The molecule has 0 spiro atoms. The van der Waals surface area contributed by atoms with E-state index >= 15 is 0 Å². The molecule has 0 radical (unpaired) electrons. The fourth-order valence-corrected chi connectivity index (χ4v) is 3.80. The Morgan fingerprint density at radius 2 is 2.38 bits per heavy atom. The minimum atomic E-state index is 0.232. The predicted octanol–water partition coefficient (Wildman–Crippen LogP) is 3.30. The van der Waals surface area contributed by atoms with E-state index in [4.69, 9.17) is 0 Å². The molecule has 1 N–H and O–H groups in total. The van der Waals surface area contributed by atoms with Crippen molar-refractivity contribution in [2.45, 2.75) is 57.0 Å². The van der Waals surface area contributed by atoms with Crippen LogP contribution in [0, 0.1) is 5.92 Å². The molecule has 0 aromatic carbocycles. The summed E-state index contributed by atoms with van der Waals surface area (Å²) in [4.78, 5) is 4.58. The van der Waals surface area contributed by atoms with Gasteiger partial charge in [-0.1, -0.05) is 13.3 Å². The average molecular weight is 236 g/mol. The van der Waals surface area contributed by atoms with Gasteiger partial charge >= 0.3 is 0 Å². The molecule has 2 aliphatic carbocycles. The number of thiazole rings is 1. The fraction of sp³-hybridized carbons (Fsp3) is 0.769. The molecule has 2 unspecified atom stereocenters. The third-order valence-corrected chi connectivity index (χ3v) is 5.07. The second-order valence-electron chi connectivity index (χ2n) is 5.36. The normalized spacial score (nSPS) is 34.4. The van der Waals surface area contributed by atoms with Crippen LogP contribution < -0.4 is 5.32 Å². The zero-order valence-corrected chi connectivity index (χ0v) is 10.7. The highest BCUT2D eigenvalue weighted by Gasteiger charge is 2.44. The summed E-state index contributed by atoms with van der Waals surface area (Å²) in [6, 6.07) is 0.777. The molecule has 0 saturated heterocycles. The Morgan fingerprint density at radius 1 is 1.50 bits per heavy atom. The highest BCUT2D eigenvalue weighted by Crippen LogP contribution is 2.45. The monoisotopic (exact) mass is 236 g/mol. The van der Waals surface area contributed by atoms with Crippen LogP contribution in [0.2, 0.25) is 0 Å². The zero-order chi connectivity index (χ0) is 11.0. The van der Waals surface area contributed by atoms with Crippen LogP contribution in [0.1, 0.15) is 50.5 Å². The smallest absolute Gasteiger partial charge is 0.113 e. The molecule has 88 valence electrons. The molecule has 2 fully saturated rings. The number of rotatable bonds is 4. The van der Waals surface area contributed by atoms with Gasteiger partial charge in [-0.2, -0.15) is 0 Å². The molecule has 1 aromatic heterocycles. The second-order valence-corrected chi connectivity index (χ2v) is 6.25. The van der Waals surface area contributed by atoms with E-state index in [1.807, 2.05) is 17.5 Å². The third-order valence-electron chi connectivity index (χ3n) is 4.09. The Kier molecular flexibility index (Phi) is 2.76. The molecule has 2 nitrogen and oxygen atoms in total. The lowest BCUT2D eigenvalue weighted by Gasteiger charge is -2.29. The topological polar surface area (TPSA) is 24.9 Å². The maximum absolute atomic E-state index is 4.58. The number of nitrogens with zero attached hydrogens (tertiary/aromatic N) is 1. The Labute approximate surface area is 101 Å². The van der Waals surface area contributed by atoms with Crippen LogP contribution in [-0.4, -0.2) is 11.0 Å². The molecule has 16 heavy (non-hydrogen) atoms. The van der Waals surface area contributed by atoms with Crippen LogP contribution in [0.15, 0.2) is 11.6 Å². The highest BCUT2D eigenvalue weighted by atomic mass is 32.1. The quantitative estimate of drug-likeness (QED) is 0.867. The minimum Gasteiger partial charge on any atom is -0.303 e. The molecule has 0 bridgehead atoms. The van der Waals surface area contributed by atoms with E-state index in [9.17, 15) is 0 Å². The van der Waals surface area contributed by atoms with Gasteiger partial charge in [-0.15, -0.1) is 11.3 Å². The van der Waals surface area contributed by atoms with E-state index < -0.39 is 0 Å². The van der Waals surface area contributed by atoms with Crippen molar-refractivity contribution in [1.82, 2.24) is 10.3 Å². The lowest BCUT2D eigenvalue weighted by atomic mass is 9.95. The first-order chi connectivity index (χ1) is 7.82. The first-order valence-electron chi connectivity index (χ1n) is 6.50. The molecule has 3 heteroatoms. The summed E-state index contributed by atoms with van der Waals surface area (Å²) in [5, 5.41) is 7.33. The van der Waals surface area contributed by atoms with Gasteiger partial charge in [-0.25, -0.2) is 4.98 Å². The standard InChI is InChI=1S/C13H20N2S/c1-2-10-5-6-13(9-10,15-11-3-4-11)12-14-7-8-16-12/h7-8,10-11,15H,2-6,9H2,1H3. The van der Waals surface area contributed by atoms with Gasteiger partial charge in [-0.05, 0) is 38.0 Å². The Hall–Kier alpha value is -0.410. The highest BCUT2D eigenvalue weighted by molar-refractivity contribution is 7.09. The van der Waals surface area contributed by atoms with Gasteiger partial charge in [0.15, 0.2) is 0 Å². The van der Waals surface area contributed by atoms with Crippen molar-refractivity contribution in [3.63, 3.8) is 0 Å². The Balaban J connectivity index is 1.83. The summed E-state index contributed by atoms with van der Waals surface area (Å²) in [7, 11) is 0. The van der Waals surface area contributed by atoms with Crippen LogP contribution in [0.4, 0.5) is 0 Å². The Morgan fingerprint density at radius 3 is 2.94 bits per heavy atom. The molecular weight excluding hydrogens is 216 g/mol. The van der Waals surface area contributed by atoms with Gasteiger partial charge in [-0.3, -0.25) is 0 Å². The molecule has 3 rings (SSSR count). The van der Waals surface area contributed by atoms with Crippen LogP contribution in [-0.2, 0) is 5.54 Å². The summed E-state index contributed by atoms with van der Waals surface area (Å²) in [5.74, 6) is 0.898. The summed E-state index contributed by atoms with van der Waals surface area (Å²) >= 11 is 1.83. The maximum Gasteiger partial charge on any atom is 0.113 e. The summed E-state index contributed by atoms with van der Waals surface area (Å²) in [6.07, 6.45) is 9.96. The average Bonchev–Trinajstić information content (AvgIpc) is 2.84. The van der Waals surface area contributed by atoms with Crippen LogP contribution in [0.3, 0.4) is 0 Å². The Bertz CT molecular complexity index is 345. The molecule has 2 aliphatic rings. The minimum absolute atomic E-state index is 0.232. The van der Waals surface area contributed by atoms with Gasteiger partial charge in [0.1, 0.15) is 5.01 Å². The van der Waals surface area contributed by atoms with Crippen molar-refractivity contribution >= 4 is 11.3 Å². The number of hydrogen-bond acceptors (Lipinski definition) is 3. The van der Waals surface area contributed by atoms with Crippen molar-refractivity contribution in [2.24, 2.45) is 5.92 Å². The van der Waals surface area contributed by atoms with Crippen molar-refractivity contribution in [3.8, 4) is 0 Å². The molecular formula is C13H20N2S. The van der Waals surface area contributed by atoms with Gasteiger partial charge in [0, 0.05) is 17.6 Å². The van der Waals surface area contributed by atoms with E-state index in [2.05, 4.69) is 22.6 Å². The zero-order valence-electron chi connectivity index (χ0n) is 9.91. The van der Waals surface area contributed by atoms with Gasteiger partial charge in [0.25, 0.3) is 0 Å². The molecule has 2 atom stereocenters. The van der Waals surface area contributed by atoms with E-state index in [1.165, 1.54) is 43.5 Å². The molecule has 2 saturated carbocycles. The van der Waals surface area contributed by atoms with E-state index in [-0.39, 0.29) is 5.54 Å². The SMILES string of the molecule is CCC1CCC(NC2CC2)(c2nccs2)C1. The van der Waals surface area contributed by atoms with E-state index in [1.54, 1.807) is 0 Å². The first-order valence-corrected chi connectivity index (χ1v) is 7.38. The van der Waals surface area contributed by atoms with Crippen LogP contribution >= 0.6 is 11.3 Å². The van der Waals surface area contributed by atoms with Crippen molar-refractivity contribution in [1.29, 1.82) is 0 Å². The molecule has 0 aliphatic heterocycles. The first kappa shape index (κ1) is 10.7. The number of nitrogens with one attached hydrogen (secondary N) is 1. The third kappa shape index (κ3) is 1.91. The molecule has 1 aromatic rings. The second kappa shape index (κ2) is 4.11. The van der Waals surface area contributed by atoms with Crippen molar-refractivity contribution < 1.29 is 0 Å². The van der Waals surface area contributed by atoms with Gasteiger partial charge < -0.3 is 5.32 Å². The summed E-state index contributed by atoms with van der Waals surface area (Å²) in [5.41, 5.74) is 0.232. The number of aromatic nitrogens is 1. The van der Waals surface area contributed by atoms with Crippen molar-refractivity contribution in [2.75, 3.05) is 0 Å². The van der Waals surface area contributed by atoms with Gasteiger partial charge in [0.2, 0.25) is 0 Å². The number of hydrogen-bond donors (Lipinski definition) is 1. The van der Waals surface area contributed by atoms with E-state index in [0.717, 1.165) is 12.0 Å². The maximum atomic E-state index is 4.58. The van der Waals surface area contributed by atoms with E-state index in [0.29, 0.717) is 0 Å².